The van der Waals surface area contributed by atoms with E-state index in [-0.39, 0.29) is 0 Å². The second-order valence-electron chi connectivity index (χ2n) is 4.72. The van der Waals surface area contributed by atoms with Gasteiger partial charge < -0.3 is 5.32 Å². The molecule has 0 saturated heterocycles. The first kappa shape index (κ1) is 14.7. The predicted molar refractivity (Wildman–Crippen MR) is 79.2 cm³/mol. The lowest BCUT2D eigenvalue weighted by Gasteiger charge is -2.26. The van der Waals surface area contributed by atoms with E-state index in [9.17, 15) is 0 Å². The molecule has 2 unspecified atom stereocenters. The summed E-state index contributed by atoms with van der Waals surface area (Å²) in [7, 11) is 0. The van der Waals surface area contributed by atoms with Crippen LogP contribution >= 0.6 is 15.9 Å². The van der Waals surface area contributed by atoms with Crippen LogP contribution in [0.25, 0.3) is 0 Å². The van der Waals surface area contributed by atoms with Gasteiger partial charge in [-0.05, 0) is 36.9 Å². The second-order valence-corrected chi connectivity index (χ2v) is 5.57. The highest BCUT2D eigenvalue weighted by Gasteiger charge is 2.19. The average Bonchev–Trinajstić information content (AvgIpc) is 2.32. The summed E-state index contributed by atoms with van der Waals surface area (Å²) in [4.78, 5) is 0. The highest BCUT2D eigenvalue weighted by Crippen LogP contribution is 2.30. The van der Waals surface area contributed by atoms with Crippen molar-refractivity contribution in [3.05, 3.63) is 34.3 Å². The van der Waals surface area contributed by atoms with Crippen LogP contribution in [0, 0.1) is 5.92 Å². The molecule has 0 bridgehead atoms. The molecule has 0 spiro atoms. The fraction of sp³-hybridized carbons (Fsp3) is 0.600. The normalized spacial score (nSPS) is 14.6. The van der Waals surface area contributed by atoms with Gasteiger partial charge in [0.1, 0.15) is 0 Å². The number of hydrogen-bond donors (Lipinski definition) is 1. The highest BCUT2D eigenvalue weighted by atomic mass is 79.9. The summed E-state index contributed by atoms with van der Waals surface area (Å²) in [6, 6.07) is 9.03. The van der Waals surface area contributed by atoms with E-state index >= 15 is 0 Å². The van der Waals surface area contributed by atoms with E-state index in [0.29, 0.717) is 12.0 Å². The predicted octanol–water partition coefficient (Wildman–Crippen LogP) is 4.93. The maximum Gasteiger partial charge on any atom is 0.0357 e. The quantitative estimate of drug-likeness (QED) is 0.753. The van der Waals surface area contributed by atoms with Crippen molar-refractivity contribution < 1.29 is 0 Å². The smallest absolute Gasteiger partial charge is 0.0357 e. The molecule has 0 radical (unpaired) electrons. The Hall–Kier alpha value is -0.340. The van der Waals surface area contributed by atoms with Crippen molar-refractivity contribution in [2.45, 2.75) is 46.1 Å². The molecule has 2 heteroatoms. The van der Waals surface area contributed by atoms with E-state index in [4.69, 9.17) is 0 Å². The molecule has 1 N–H and O–H groups in total. The van der Waals surface area contributed by atoms with Gasteiger partial charge in [-0.15, -0.1) is 0 Å². The van der Waals surface area contributed by atoms with Gasteiger partial charge in [-0.1, -0.05) is 61.3 Å². The zero-order valence-corrected chi connectivity index (χ0v) is 12.8. The SMILES string of the molecule is CCCNC(c1ccccc1Br)C(C)CCC. The van der Waals surface area contributed by atoms with E-state index in [1.807, 2.05) is 0 Å². The fourth-order valence-corrected chi connectivity index (χ4v) is 2.80. The van der Waals surface area contributed by atoms with Crippen LogP contribution in [0.15, 0.2) is 28.7 Å². The summed E-state index contributed by atoms with van der Waals surface area (Å²) >= 11 is 3.67. The van der Waals surface area contributed by atoms with Gasteiger partial charge in [-0.3, -0.25) is 0 Å². The molecular weight excluding hydrogens is 274 g/mol. The molecule has 0 saturated carbocycles. The Kier molecular flexibility index (Phi) is 6.83. The molecule has 96 valence electrons. The van der Waals surface area contributed by atoms with E-state index in [1.165, 1.54) is 29.3 Å². The minimum atomic E-state index is 0.463. The molecule has 1 aromatic carbocycles. The van der Waals surface area contributed by atoms with E-state index < -0.39 is 0 Å². The fourth-order valence-electron chi connectivity index (χ4n) is 2.27. The molecule has 0 aliphatic carbocycles. The van der Waals surface area contributed by atoms with Gasteiger partial charge in [0.05, 0.1) is 0 Å². The summed E-state index contributed by atoms with van der Waals surface area (Å²) in [5.41, 5.74) is 1.39. The third-order valence-electron chi connectivity index (χ3n) is 3.17. The Morgan fingerprint density at radius 2 is 1.88 bits per heavy atom. The van der Waals surface area contributed by atoms with Gasteiger partial charge in [0.15, 0.2) is 0 Å². The van der Waals surface area contributed by atoms with Crippen LogP contribution in [-0.4, -0.2) is 6.54 Å². The monoisotopic (exact) mass is 297 g/mol. The van der Waals surface area contributed by atoms with Crippen LogP contribution in [0.4, 0.5) is 0 Å². The average molecular weight is 298 g/mol. The van der Waals surface area contributed by atoms with Gasteiger partial charge in [0.2, 0.25) is 0 Å². The van der Waals surface area contributed by atoms with Crippen LogP contribution < -0.4 is 5.32 Å². The topological polar surface area (TPSA) is 12.0 Å². The lowest BCUT2D eigenvalue weighted by molar-refractivity contribution is 0.362. The summed E-state index contributed by atoms with van der Waals surface area (Å²) in [6.45, 7) is 7.90. The van der Waals surface area contributed by atoms with Crippen LogP contribution in [0.2, 0.25) is 0 Å². The van der Waals surface area contributed by atoms with Crippen LogP contribution in [0.1, 0.15) is 51.6 Å². The van der Waals surface area contributed by atoms with Gasteiger partial charge in [-0.2, -0.15) is 0 Å². The number of halogens is 1. The zero-order valence-electron chi connectivity index (χ0n) is 11.2. The van der Waals surface area contributed by atoms with Crippen molar-refractivity contribution in [1.29, 1.82) is 0 Å². The third kappa shape index (κ3) is 4.44. The number of rotatable bonds is 7. The van der Waals surface area contributed by atoms with Gasteiger partial charge >= 0.3 is 0 Å². The Labute approximate surface area is 114 Å². The Bertz CT molecular complexity index is 324. The molecule has 2 atom stereocenters. The maximum absolute atomic E-state index is 3.68. The van der Waals surface area contributed by atoms with Crippen molar-refractivity contribution in [1.82, 2.24) is 5.32 Å². The number of nitrogens with one attached hydrogen (secondary N) is 1. The molecule has 0 aromatic heterocycles. The Morgan fingerprint density at radius 1 is 1.18 bits per heavy atom. The lowest BCUT2D eigenvalue weighted by Crippen LogP contribution is -2.28. The summed E-state index contributed by atoms with van der Waals surface area (Å²) in [5.74, 6) is 0.672. The minimum absolute atomic E-state index is 0.463. The Morgan fingerprint density at radius 3 is 2.47 bits per heavy atom. The van der Waals surface area contributed by atoms with E-state index in [2.05, 4.69) is 66.3 Å². The zero-order chi connectivity index (χ0) is 12.7. The molecule has 1 nitrogen and oxygen atoms in total. The molecule has 0 heterocycles. The lowest BCUT2D eigenvalue weighted by atomic mass is 9.91. The second kappa shape index (κ2) is 7.88. The largest absolute Gasteiger partial charge is 0.310 e. The standard InChI is InChI=1S/C15H24BrN/c1-4-8-12(3)15(17-11-5-2)13-9-6-7-10-14(13)16/h6-7,9-10,12,15,17H,4-5,8,11H2,1-3H3. The van der Waals surface area contributed by atoms with Crippen molar-refractivity contribution in [3.63, 3.8) is 0 Å². The first-order valence-electron chi connectivity index (χ1n) is 6.68. The molecule has 1 aromatic rings. The van der Waals surface area contributed by atoms with Gasteiger partial charge in [0.25, 0.3) is 0 Å². The van der Waals surface area contributed by atoms with E-state index in [0.717, 1.165) is 6.54 Å². The Balaban J connectivity index is 2.85. The van der Waals surface area contributed by atoms with Gasteiger partial charge in [-0.25, -0.2) is 0 Å². The summed E-state index contributed by atoms with van der Waals surface area (Å²) in [5, 5.41) is 3.68. The highest BCUT2D eigenvalue weighted by molar-refractivity contribution is 9.10. The molecule has 1 rings (SSSR count). The minimum Gasteiger partial charge on any atom is -0.310 e. The van der Waals surface area contributed by atoms with Crippen LogP contribution in [0.5, 0.6) is 0 Å². The van der Waals surface area contributed by atoms with Crippen molar-refractivity contribution in [2.75, 3.05) is 6.54 Å². The van der Waals surface area contributed by atoms with Crippen molar-refractivity contribution >= 4 is 15.9 Å². The molecular formula is C15H24BrN. The van der Waals surface area contributed by atoms with Crippen molar-refractivity contribution in [2.24, 2.45) is 5.92 Å². The number of benzene rings is 1. The molecule has 0 amide bonds. The molecule has 0 aliphatic heterocycles. The van der Waals surface area contributed by atoms with E-state index in [1.54, 1.807) is 0 Å². The molecule has 0 fully saturated rings. The molecule has 17 heavy (non-hydrogen) atoms. The molecule has 0 aliphatic rings. The van der Waals surface area contributed by atoms with Crippen LogP contribution in [0.3, 0.4) is 0 Å². The third-order valence-corrected chi connectivity index (χ3v) is 3.89. The van der Waals surface area contributed by atoms with Gasteiger partial charge in [0, 0.05) is 10.5 Å². The summed E-state index contributed by atoms with van der Waals surface area (Å²) < 4.78 is 1.22. The maximum atomic E-state index is 3.68. The first-order valence-corrected chi connectivity index (χ1v) is 7.47. The van der Waals surface area contributed by atoms with Crippen molar-refractivity contribution in [3.8, 4) is 0 Å². The first-order chi connectivity index (χ1) is 8.20. The number of hydrogen-bond acceptors (Lipinski definition) is 1. The van der Waals surface area contributed by atoms with Crippen LogP contribution in [-0.2, 0) is 0 Å². The summed E-state index contributed by atoms with van der Waals surface area (Å²) in [6.07, 6.45) is 3.69.